The first-order valence-corrected chi connectivity index (χ1v) is 7.23. The van der Waals surface area contributed by atoms with Crippen LogP contribution in [-0.4, -0.2) is 47.9 Å². The highest BCUT2D eigenvalue weighted by Gasteiger charge is 2.31. The molecule has 3 rings (SSSR count). The van der Waals surface area contributed by atoms with Crippen molar-refractivity contribution in [1.82, 2.24) is 9.80 Å². The summed E-state index contributed by atoms with van der Waals surface area (Å²) >= 11 is 0. The van der Waals surface area contributed by atoms with Crippen LogP contribution in [0.3, 0.4) is 0 Å². The van der Waals surface area contributed by atoms with Crippen molar-refractivity contribution in [2.75, 3.05) is 31.9 Å². The molecule has 0 bridgehead atoms. The molecule has 1 unspecified atom stereocenters. The number of nitrogen functional groups attached to an aromatic ring is 1. The first kappa shape index (κ1) is 13.4. The first-order chi connectivity index (χ1) is 9.65. The molecular formula is C15H20FN3O. The fraction of sp³-hybridized carbons (Fsp3) is 0.533. The minimum atomic E-state index is -0.417. The lowest BCUT2D eigenvalue weighted by atomic mass is 10.1. The largest absolute Gasteiger partial charge is 0.398 e. The number of amides is 1. The van der Waals surface area contributed by atoms with Gasteiger partial charge < -0.3 is 10.6 Å². The summed E-state index contributed by atoms with van der Waals surface area (Å²) in [6.45, 7) is 3.64. The van der Waals surface area contributed by atoms with Crippen LogP contribution in [0.1, 0.15) is 29.6 Å². The molecule has 108 valence electrons. The smallest absolute Gasteiger partial charge is 0.256 e. The summed E-state index contributed by atoms with van der Waals surface area (Å²) < 4.78 is 13.3. The van der Waals surface area contributed by atoms with Gasteiger partial charge in [-0.1, -0.05) is 0 Å². The van der Waals surface area contributed by atoms with Crippen molar-refractivity contribution in [3.63, 3.8) is 0 Å². The van der Waals surface area contributed by atoms with E-state index >= 15 is 0 Å². The van der Waals surface area contributed by atoms with Gasteiger partial charge in [-0.2, -0.15) is 0 Å². The summed E-state index contributed by atoms with van der Waals surface area (Å²) in [5, 5.41) is 0. The number of carbonyl (C=O) groups excluding carboxylic acids is 1. The lowest BCUT2D eigenvalue weighted by molar-refractivity contribution is 0.0744. The fourth-order valence-corrected chi connectivity index (χ4v) is 3.28. The highest BCUT2D eigenvalue weighted by atomic mass is 19.1. The maximum Gasteiger partial charge on any atom is 0.256 e. The minimum Gasteiger partial charge on any atom is -0.398 e. The summed E-state index contributed by atoms with van der Waals surface area (Å²) in [5.74, 6) is -0.560. The summed E-state index contributed by atoms with van der Waals surface area (Å²) in [6, 6.07) is 4.45. The third kappa shape index (κ3) is 2.50. The topological polar surface area (TPSA) is 49.6 Å². The highest BCUT2D eigenvalue weighted by Crippen LogP contribution is 2.23. The SMILES string of the molecule is Nc1ccc(F)cc1C(=O)N1CCCN2CCCC2C1. The van der Waals surface area contributed by atoms with Crippen LogP contribution in [-0.2, 0) is 0 Å². The number of benzene rings is 1. The summed E-state index contributed by atoms with van der Waals surface area (Å²) in [7, 11) is 0. The van der Waals surface area contributed by atoms with E-state index in [9.17, 15) is 9.18 Å². The van der Waals surface area contributed by atoms with Crippen LogP contribution >= 0.6 is 0 Å². The van der Waals surface area contributed by atoms with Gasteiger partial charge in [-0.05, 0) is 44.0 Å². The number of hydrogen-bond donors (Lipinski definition) is 1. The zero-order valence-electron chi connectivity index (χ0n) is 11.5. The third-order valence-corrected chi connectivity index (χ3v) is 4.34. The van der Waals surface area contributed by atoms with Gasteiger partial charge in [0.2, 0.25) is 0 Å². The monoisotopic (exact) mass is 277 g/mol. The van der Waals surface area contributed by atoms with Gasteiger partial charge in [0.1, 0.15) is 5.82 Å². The average molecular weight is 277 g/mol. The Kier molecular flexibility index (Phi) is 3.61. The van der Waals surface area contributed by atoms with Crippen LogP contribution in [0.15, 0.2) is 18.2 Å². The molecule has 2 heterocycles. The van der Waals surface area contributed by atoms with Gasteiger partial charge in [0.15, 0.2) is 0 Å². The molecule has 0 spiro atoms. The molecule has 1 atom stereocenters. The Hall–Kier alpha value is -1.62. The van der Waals surface area contributed by atoms with E-state index in [-0.39, 0.29) is 11.5 Å². The molecule has 4 nitrogen and oxygen atoms in total. The second-order valence-corrected chi connectivity index (χ2v) is 5.67. The lowest BCUT2D eigenvalue weighted by Gasteiger charge is -2.26. The van der Waals surface area contributed by atoms with Crippen molar-refractivity contribution >= 4 is 11.6 Å². The van der Waals surface area contributed by atoms with Crippen LogP contribution in [0.4, 0.5) is 10.1 Å². The molecule has 0 aliphatic carbocycles. The lowest BCUT2D eigenvalue weighted by Crippen LogP contribution is -2.39. The Morgan fingerprint density at radius 3 is 2.90 bits per heavy atom. The van der Waals surface area contributed by atoms with Crippen molar-refractivity contribution in [2.45, 2.75) is 25.3 Å². The van der Waals surface area contributed by atoms with E-state index in [0.717, 1.165) is 39.0 Å². The normalized spacial score (nSPS) is 23.4. The molecule has 0 aromatic heterocycles. The molecule has 1 aromatic carbocycles. The van der Waals surface area contributed by atoms with Crippen molar-refractivity contribution in [1.29, 1.82) is 0 Å². The number of anilines is 1. The van der Waals surface area contributed by atoms with Crippen molar-refractivity contribution < 1.29 is 9.18 Å². The zero-order valence-corrected chi connectivity index (χ0v) is 11.5. The molecule has 1 amide bonds. The second-order valence-electron chi connectivity index (χ2n) is 5.67. The molecule has 2 aliphatic heterocycles. The minimum absolute atomic E-state index is 0.143. The molecule has 2 fully saturated rings. The first-order valence-electron chi connectivity index (χ1n) is 7.23. The summed E-state index contributed by atoms with van der Waals surface area (Å²) in [4.78, 5) is 16.9. The van der Waals surface area contributed by atoms with Gasteiger partial charge in [0, 0.05) is 31.4 Å². The fourth-order valence-electron chi connectivity index (χ4n) is 3.28. The van der Waals surface area contributed by atoms with Crippen LogP contribution in [0.2, 0.25) is 0 Å². The van der Waals surface area contributed by atoms with Crippen LogP contribution in [0, 0.1) is 5.82 Å². The molecule has 2 aliphatic rings. The quantitative estimate of drug-likeness (QED) is 0.795. The Morgan fingerprint density at radius 1 is 1.25 bits per heavy atom. The highest BCUT2D eigenvalue weighted by molar-refractivity contribution is 5.99. The number of fused-ring (bicyclic) bond motifs is 1. The zero-order chi connectivity index (χ0) is 14.1. The van der Waals surface area contributed by atoms with Gasteiger partial charge in [0.05, 0.1) is 5.56 Å². The second kappa shape index (κ2) is 5.40. The summed E-state index contributed by atoms with van der Waals surface area (Å²) in [5.41, 5.74) is 6.46. The van der Waals surface area contributed by atoms with Crippen LogP contribution in [0.5, 0.6) is 0 Å². The van der Waals surface area contributed by atoms with E-state index in [2.05, 4.69) is 4.90 Å². The molecule has 5 heteroatoms. The van der Waals surface area contributed by atoms with Crippen molar-refractivity contribution in [3.05, 3.63) is 29.6 Å². The molecule has 2 saturated heterocycles. The maximum absolute atomic E-state index is 13.3. The Labute approximate surface area is 118 Å². The van der Waals surface area contributed by atoms with Gasteiger partial charge in [0.25, 0.3) is 5.91 Å². The van der Waals surface area contributed by atoms with Crippen molar-refractivity contribution in [3.8, 4) is 0 Å². The van der Waals surface area contributed by atoms with E-state index in [1.54, 1.807) is 0 Å². The van der Waals surface area contributed by atoms with E-state index in [4.69, 9.17) is 5.73 Å². The maximum atomic E-state index is 13.3. The molecule has 0 radical (unpaired) electrons. The Balaban J connectivity index is 1.80. The van der Waals surface area contributed by atoms with Gasteiger partial charge in [-0.3, -0.25) is 9.69 Å². The molecule has 20 heavy (non-hydrogen) atoms. The number of rotatable bonds is 1. The average Bonchev–Trinajstić information content (AvgIpc) is 2.78. The van der Waals surface area contributed by atoms with Gasteiger partial charge >= 0.3 is 0 Å². The Bertz CT molecular complexity index is 520. The number of nitrogens with zero attached hydrogens (tertiary/aromatic N) is 2. The number of halogens is 1. The molecular weight excluding hydrogens is 257 g/mol. The van der Waals surface area contributed by atoms with E-state index in [0.29, 0.717) is 11.7 Å². The number of carbonyl (C=O) groups is 1. The van der Waals surface area contributed by atoms with E-state index in [1.165, 1.54) is 24.6 Å². The van der Waals surface area contributed by atoms with Gasteiger partial charge in [-0.25, -0.2) is 4.39 Å². The van der Waals surface area contributed by atoms with Crippen molar-refractivity contribution in [2.24, 2.45) is 0 Å². The summed E-state index contributed by atoms with van der Waals surface area (Å²) in [6.07, 6.45) is 3.31. The molecule has 1 aromatic rings. The molecule has 0 saturated carbocycles. The predicted octanol–water partition coefficient (Wildman–Crippen LogP) is 1.72. The Morgan fingerprint density at radius 2 is 2.05 bits per heavy atom. The van der Waals surface area contributed by atoms with E-state index < -0.39 is 5.82 Å². The number of hydrogen-bond acceptors (Lipinski definition) is 3. The van der Waals surface area contributed by atoms with Crippen LogP contribution < -0.4 is 5.73 Å². The molecule has 2 N–H and O–H groups in total. The van der Waals surface area contributed by atoms with E-state index in [1.807, 2.05) is 4.90 Å². The predicted molar refractivity (Wildman–Crippen MR) is 75.9 cm³/mol. The van der Waals surface area contributed by atoms with Gasteiger partial charge in [-0.15, -0.1) is 0 Å². The van der Waals surface area contributed by atoms with Crippen LogP contribution in [0.25, 0.3) is 0 Å². The third-order valence-electron chi connectivity index (χ3n) is 4.34. The standard InChI is InChI=1S/C15H20FN3O/c16-11-4-5-14(17)13(9-11)15(20)19-8-2-7-18-6-1-3-12(18)10-19/h4-5,9,12H,1-3,6-8,10,17H2. The number of nitrogens with two attached hydrogens (primary N) is 1.